The summed E-state index contributed by atoms with van der Waals surface area (Å²) in [5.74, 6) is -2.25. The molecule has 0 spiro atoms. The molecule has 1 N–H and O–H groups in total. The topological polar surface area (TPSA) is 98.8 Å². The maximum absolute atomic E-state index is 13.7. The summed E-state index contributed by atoms with van der Waals surface area (Å²) in [5.41, 5.74) is 0. The Balaban J connectivity index is 2.41. The summed E-state index contributed by atoms with van der Waals surface area (Å²) in [4.78, 5) is 34.4. The van der Waals surface area contributed by atoms with E-state index in [-0.39, 0.29) is 18.5 Å². The van der Waals surface area contributed by atoms with Gasteiger partial charge in [0.2, 0.25) is 5.91 Å². The van der Waals surface area contributed by atoms with E-state index >= 15 is 0 Å². The molecule has 1 saturated heterocycles. The van der Waals surface area contributed by atoms with Gasteiger partial charge in [-0.15, -0.1) is 0 Å². The first kappa shape index (κ1) is 19.2. The van der Waals surface area contributed by atoms with Gasteiger partial charge >= 0.3 is 11.9 Å². The third kappa shape index (κ3) is 4.69. The molecule has 1 heterocycles. The normalized spacial score (nSPS) is 28.7. The molecule has 2 rings (SSSR count). The fourth-order valence-corrected chi connectivity index (χ4v) is 6.28. The second kappa shape index (κ2) is 7.83. The Bertz CT molecular complexity index is 704. The lowest BCUT2D eigenvalue weighted by Gasteiger charge is -2.40. The van der Waals surface area contributed by atoms with E-state index in [0.29, 0.717) is 5.30 Å². The number of rotatable bonds is 4. The summed E-state index contributed by atoms with van der Waals surface area (Å²) in [6, 6.07) is 8.14. The summed E-state index contributed by atoms with van der Waals surface area (Å²) in [6.45, 7) is 3.86. The number of esters is 2. The SMILES string of the molecule is CC(=O)N[C@H]1CC(OC(C)=O)P(=O)(c2ccccc2)C[C@H]1OC(C)=O. The van der Waals surface area contributed by atoms with E-state index in [1.807, 2.05) is 0 Å². The molecule has 1 aromatic carbocycles. The van der Waals surface area contributed by atoms with Gasteiger partial charge < -0.3 is 19.4 Å². The average molecular weight is 367 g/mol. The van der Waals surface area contributed by atoms with Crippen molar-refractivity contribution in [1.29, 1.82) is 0 Å². The third-order valence-electron chi connectivity index (χ3n) is 4.02. The fraction of sp³-hybridized carbons (Fsp3) is 0.471. The third-order valence-corrected chi connectivity index (χ3v) is 7.34. The summed E-state index contributed by atoms with van der Waals surface area (Å²) in [6.07, 6.45) is -0.637. The molecule has 25 heavy (non-hydrogen) atoms. The smallest absolute Gasteiger partial charge is 0.303 e. The van der Waals surface area contributed by atoms with E-state index in [4.69, 9.17) is 9.47 Å². The van der Waals surface area contributed by atoms with Crippen LogP contribution < -0.4 is 10.6 Å². The lowest BCUT2D eigenvalue weighted by atomic mass is 10.1. The van der Waals surface area contributed by atoms with E-state index in [1.54, 1.807) is 30.3 Å². The summed E-state index contributed by atoms with van der Waals surface area (Å²) >= 11 is 0. The largest absolute Gasteiger partial charge is 0.460 e. The second-order valence-electron chi connectivity index (χ2n) is 6.07. The highest BCUT2D eigenvalue weighted by Gasteiger charge is 2.49. The molecule has 2 unspecified atom stereocenters. The van der Waals surface area contributed by atoms with Crippen molar-refractivity contribution in [2.24, 2.45) is 0 Å². The van der Waals surface area contributed by atoms with Crippen LogP contribution in [0.25, 0.3) is 0 Å². The monoisotopic (exact) mass is 367 g/mol. The van der Waals surface area contributed by atoms with Crippen LogP contribution in [-0.2, 0) is 28.4 Å². The van der Waals surface area contributed by atoms with Crippen molar-refractivity contribution in [2.45, 2.75) is 45.2 Å². The molecule has 1 aliphatic heterocycles. The maximum Gasteiger partial charge on any atom is 0.303 e. The number of hydrogen-bond donors (Lipinski definition) is 1. The van der Waals surface area contributed by atoms with Gasteiger partial charge in [-0.2, -0.15) is 0 Å². The van der Waals surface area contributed by atoms with Gasteiger partial charge in [0.15, 0.2) is 13.0 Å². The molecule has 0 aromatic heterocycles. The van der Waals surface area contributed by atoms with Gasteiger partial charge in [0.05, 0.1) is 6.04 Å². The van der Waals surface area contributed by atoms with Crippen LogP contribution >= 0.6 is 7.14 Å². The lowest BCUT2D eigenvalue weighted by molar-refractivity contribution is -0.150. The number of carbonyl (C=O) groups excluding carboxylic acids is 3. The van der Waals surface area contributed by atoms with E-state index in [9.17, 15) is 18.9 Å². The fourth-order valence-electron chi connectivity index (χ4n) is 3.07. The van der Waals surface area contributed by atoms with E-state index in [1.165, 1.54) is 20.8 Å². The Kier molecular flexibility index (Phi) is 6.01. The molecule has 4 atom stereocenters. The van der Waals surface area contributed by atoms with Gasteiger partial charge in [-0.3, -0.25) is 14.4 Å². The molecular formula is C17H22NO6P. The number of hydrogen-bond acceptors (Lipinski definition) is 6. The van der Waals surface area contributed by atoms with Crippen LogP contribution in [0, 0.1) is 0 Å². The molecule has 1 aromatic rings. The number of benzene rings is 1. The molecule has 1 amide bonds. The molecule has 7 nitrogen and oxygen atoms in total. The summed E-state index contributed by atoms with van der Waals surface area (Å²) in [5, 5.41) is 3.26. The summed E-state index contributed by atoms with van der Waals surface area (Å²) < 4.78 is 24.4. The Labute approximate surface area is 146 Å². The minimum absolute atomic E-state index is 0.000509. The zero-order valence-electron chi connectivity index (χ0n) is 14.4. The lowest BCUT2D eigenvalue weighted by Crippen LogP contribution is -2.52. The Hall–Kier alpha value is -2.14. The van der Waals surface area contributed by atoms with Gasteiger partial charge in [-0.1, -0.05) is 30.3 Å². The van der Waals surface area contributed by atoms with Gasteiger partial charge in [0.25, 0.3) is 0 Å². The first-order valence-electron chi connectivity index (χ1n) is 7.98. The van der Waals surface area contributed by atoms with Crippen molar-refractivity contribution in [1.82, 2.24) is 5.32 Å². The molecule has 1 fully saturated rings. The number of carbonyl (C=O) groups is 3. The van der Waals surface area contributed by atoms with Crippen molar-refractivity contribution >= 4 is 30.3 Å². The molecule has 0 radical (unpaired) electrons. The highest BCUT2D eigenvalue weighted by molar-refractivity contribution is 7.72. The number of nitrogens with one attached hydrogen (secondary N) is 1. The van der Waals surface area contributed by atoms with Crippen molar-refractivity contribution in [3.05, 3.63) is 30.3 Å². The zero-order chi connectivity index (χ0) is 18.6. The standard InChI is InChI=1S/C17H22NO6P/c1-11(19)18-15-9-17(24-13(3)21)25(22,10-16(15)23-12(2)20)14-7-5-4-6-8-14/h4-8,15-17H,9-10H2,1-3H3,(H,18,19)/t15-,16+,17?,25?/m0/s1. The zero-order valence-corrected chi connectivity index (χ0v) is 15.3. The Morgan fingerprint density at radius 3 is 2.16 bits per heavy atom. The van der Waals surface area contributed by atoms with E-state index < -0.39 is 37.1 Å². The molecular weight excluding hydrogens is 345 g/mol. The van der Waals surface area contributed by atoms with Crippen molar-refractivity contribution < 1.29 is 28.4 Å². The molecule has 0 aliphatic carbocycles. The first-order chi connectivity index (χ1) is 11.7. The maximum atomic E-state index is 13.7. The highest BCUT2D eigenvalue weighted by atomic mass is 31.2. The van der Waals surface area contributed by atoms with Crippen LogP contribution in [0.15, 0.2) is 30.3 Å². The predicted octanol–water partition coefficient (Wildman–Crippen LogP) is 1.40. The second-order valence-corrected chi connectivity index (χ2v) is 9.12. The number of amides is 1. The number of ether oxygens (including phenoxy) is 2. The molecule has 136 valence electrons. The first-order valence-corrected chi connectivity index (χ1v) is 9.94. The van der Waals surface area contributed by atoms with Crippen molar-refractivity contribution in [2.75, 3.05) is 6.16 Å². The Morgan fingerprint density at radius 2 is 1.64 bits per heavy atom. The minimum Gasteiger partial charge on any atom is -0.460 e. The predicted molar refractivity (Wildman–Crippen MR) is 91.9 cm³/mol. The Morgan fingerprint density at radius 1 is 1.04 bits per heavy atom. The molecule has 1 aliphatic rings. The van der Waals surface area contributed by atoms with Crippen LogP contribution in [0.2, 0.25) is 0 Å². The van der Waals surface area contributed by atoms with Gasteiger partial charge in [-0.25, -0.2) is 0 Å². The quantitative estimate of drug-likeness (QED) is 0.638. The van der Waals surface area contributed by atoms with E-state index in [2.05, 4.69) is 5.32 Å². The highest BCUT2D eigenvalue weighted by Crippen LogP contribution is 2.56. The van der Waals surface area contributed by atoms with Crippen LogP contribution in [0.5, 0.6) is 0 Å². The average Bonchev–Trinajstić information content (AvgIpc) is 2.51. The van der Waals surface area contributed by atoms with Crippen LogP contribution in [-0.4, -0.2) is 42.0 Å². The van der Waals surface area contributed by atoms with Gasteiger partial charge in [0.1, 0.15) is 6.10 Å². The van der Waals surface area contributed by atoms with Crippen LogP contribution in [0.1, 0.15) is 27.2 Å². The van der Waals surface area contributed by atoms with Crippen molar-refractivity contribution in [3.63, 3.8) is 0 Å². The minimum atomic E-state index is -3.19. The van der Waals surface area contributed by atoms with E-state index in [0.717, 1.165) is 0 Å². The van der Waals surface area contributed by atoms with Gasteiger partial charge in [0, 0.05) is 38.7 Å². The van der Waals surface area contributed by atoms with Gasteiger partial charge in [-0.05, 0) is 0 Å². The summed E-state index contributed by atoms with van der Waals surface area (Å²) in [7, 11) is -3.19. The molecule has 8 heteroatoms. The molecule has 0 saturated carbocycles. The van der Waals surface area contributed by atoms with Crippen LogP contribution in [0.3, 0.4) is 0 Å². The van der Waals surface area contributed by atoms with Crippen molar-refractivity contribution in [3.8, 4) is 0 Å². The molecule has 0 bridgehead atoms. The van der Waals surface area contributed by atoms with Crippen LogP contribution in [0.4, 0.5) is 0 Å².